The smallest absolute Gasteiger partial charge is 0.392 e. The van der Waals surface area contributed by atoms with Crippen LogP contribution in [0.3, 0.4) is 0 Å². The largest absolute Gasteiger partial charge is 1.00 e. The van der Waals surface area contributed by atoms with E-state index < -0.39 is 0 Å². The van der Waals surface area contributed by atoms with Crippen molar-refractivity contribution < 1.29 is 56.5 Å². The third kappa shape index (κ3) is 5.24. The van der Waals surface area contributed by atoms with Gasteiger partial charge in [0.25, 0.3) is 0 Å². The molecule has 56 valence electrons. The summed E-state index contributed by atoms with van der Waals surface area (Å²) in [5, 5.41) is 12.1. The van der Waals surface area contributed by atoms with Crippen LogP contribution in [-0.4, -0.2) is 23.8 Å². The van der Waals surface area contributed by atoms with E-state index in [1.165, 1.54) is 0 Å². The molecule has 0 aromatic rings. The van der Waals surface area contributed by atoms with E-state index in [4.69, 9.17) is 5.11 Å². The average molecular weight is 169 g/mol. The average Bonchev–Trinajstić information content (AvgIpc) is 1.77. The number of rotatable bonds is 0. The molecule has 0 bridgehead atoms. The van der Waals surface area contributed by atoms with Crippen LogP contribution in [0, 0.1) is 7.43 Å². The van der Waals surface area contributed by atoms with Crippen molar-refractivity contribution in [1.82, 2.24) is 5.32 Å². The Morgan fingerprint density at radius 1 is 1.40 bits per heavy atom. The second-order valence-corrected chi connectivity index (χ2v) is 2.54. The fourth-order valence-corrected chi connectivity index (χ4v) is 0.984. The van der Waals surface area contributed by atoms with Crippen molar-refractivity contribution >= 4 is 0 Å². The molecular weight excluding hydrogens is 153 g/mol. The molecule has 0 radical (unpaired) electrons. The van der Waals surface area contributed by atoms with Crippen LogP contribution in [0.2, 0.25) is 0 Å². The molecule has 0 saturated carbocycles. The Kier molecular flexibility index (Phi) is 10.2. The van der Waals surface area contributed by atoms with E-state index in [0.717, 1.165) is 19.4 Å². The minimum Gasteiger partial charge on any atom is -0.392 e. The molecule has 2 atom stereocenters. The van der Waals surface area contributed by atoms with Gasteiger partial charge in [-0.05, 0) is 19.8 Å². The second-order valence-electron chi connectivity index (χ2n) is 2.54. The number of β-amino-alcohol motifs (C(OH)–C–C–N with tert-alkyl or cyclic N) is 1. The number of hydrogen-bond acceptors (Lipinski definition) is 2. The van der Waals surface area contributed by atoms with Gasteiger partial charge in [0, 0.05) is 12.6 Å². The molecule has 0 aromatic heterocycles. The van der Waals surface area contributed by atoms with Gasteiger partial charge in [0.05, 0.1) is 6.10 Å². The van der Waals surface area contributed by atoms with E-state index in [1.807, 2.05) is 0 Å². The summed E-state index contributed by atoms with van der Waals surface area (Å²) in [6.45, 7) is 2.92. The molecule has 0 amide bonds. The molecule has 0 aromatic carbocycles. The topological polar surface area (TPSA) is 32.3 Å². The number of aliphatic hydroxyl groups excluding tert-OH is 1. The quantitative estimate of drug-likeness (QED) is 0.312. The number of nitrogens with one attached hydrogen (secondary N) is 1. The normalized spacial score (nSPS) is 31.8. The minimum absolute atomic E-state index is 0. The molecule has 2 nitrogen and oxygen atoms in total. The van der Waals surface area contributed by atoms with Gasteiger partial charge in [-0.2, -0.15) is 0 Å². The molecule has 2 unspecified atom stereocenters. The van der Waals surface area contributed by atoms with Gasteiger partial charge in [-0.1, -0.05) is 0 Å². The zero-order valence-electron chi connectivity index (χ0n) is 7.22. The van der Waals surface area contributed by atoms with Crippen molar-refractivity contribution in [2.45, 2.75) is 31.9 Å². The Balaban J connectivity index is 0. The Hall–Kier alpha value is 1.56. The van der Waals surface area contributed by atoms with Gasteiger partial charge >= 0.3 is 51.4 Å². The zero-order valence-corrected chi connectivity index (χ0v) is 10.3. The maximum Gasteiger partial charge on any atom is 1.00 e. The van der Waals surface area contributed by atoms with E-state index in [-0.39, 0.29) is 64.9 Å². The molecule has 0 spiro atoms. The van der Waals surface area contributed by atoms with Gasteiger partial charge in [0.2, 0.25) is 0 Å². The summed E-state index contributed by atoms with van der Waals surface area (Å²) in [6, 6.07) is 0.610. The first-order chi connectivity index (χ1) is 3.79. The Bertz CT molecular complexity index is 62.0. The van der Waals surface area contributed by atoms with Gasteiger partial charge in [-0.15, -0.1) is 0 Å². The van der Waals surface area contributed by atoms with Crippen molar-refractivity contribution in [2.24, 2.45) is 0 Å². The van der Waals surface area contributed by atoms with Gasteiger partial charge in [-0.25, -0.2) is 0 Å². The molecule has 1 aliphatic heterocycles. The van der Waals surface area contributed by atoms with Crippen LogP contribution in [0.1, 0.15) is 19.8 Å². The van der Waals surface area contributed by atoms with E-state index in [1.54, 1.807) is 0 Å². The van der Waals surface area contributed by atoms with Crippen LogP contribution < -0.4 is 56.7 Å². The monoisotopic (exact) mass is 169 g/mol. The number of hydrogen-bond donors (Lipinski definition) is 2. The van der Waals surface area contributed by atoms with Gasteiger partial charge in [0.1, 0.15) is 0 Å². The summed E-state index contributed by atoms with van der Waals surface area (Å²) in [4.78, 5) is 0. The first kappa shape index (κ1) is 14.1. The molecule has 1 heterocycles. The van der Waals surface area contributed by atoms with Gasteiger partial charge < -0.3 is 17.8 Å². The molecule has 1 saturated heterocycles. The first-order valence-electron chi connectivity index (χ1n) is 3.20. The predicted molar refractivity (Wildman–Crippen MR) is 39.1 cm³/mol. The van der Waals surface area contributed by atoms with E-state index in [9.17, 15) is 0 Å². The molecule has 1 rings (SSSR count). The van der Waals surface area contributed by atoms with Crippen molar-refractivity contribution in [3.05, 3.63) is 7.43 Å². The van der Waals surface area contributed by atoms with Gasteiger partial charge in [0.15, 0.2) is 0 Å². The van der Waals surface area contributed by atoms with Crippen LogP contribution in [0.4, 0.5) is 0 Å². The molecule has 3 heteroatoms. The molecule has 2 N–H and O–H groups in total. The third-order valence-corrected chi connectivity index (χ3v) is 1.63. The second kappa shape index (κ2) is 7.22. The molecule has 1 fully saturated rings. The standard InChI is InChI=1S/C6H13NO.CH3.K/c1-5-2-3-6(8)4-7-5;;/h5-8H,2-4H2,1H3;1H3;/q;-1;+1. The van der Waals surface area contributed by atoms with Crippen LogP contribution in [-0.2, 0) is 0 Å². The van der Waals surface area contributed by atoms with Crippen LogP contribution in [0.25, 0.3) is 0 Å². The fourth-order valence-electron chi connectivity index (χ4n) is 0.984. The SMILES string of the molecule is CC1CCC(O)CN1.[CH3-].[K+]. The predicted octanol–water partition coefficient (Wildman–Crippen LogP) is -2.43. The van der Waals surface area contributed by atoms with Gasteiger partial charge in [-0.3, -0.25) is 0 Å². The van der Waals surface area contributed by atoms with Crippen LogP contribution in [0.5, 0.6) is 0 Å². The maximum atomic E-state index is 8.96. The summed E-state index contributed by atoms with van der Waals surface area (Å²) in [5.74, 6) is 0. The molecular formula is C7H16KNO. The zero-order chi connectivity index (χ0) is 5.98. The molecule has 10 heavy (non-hydrogen) atoms. The number of piperidine rings is 1. The summed E-state index contributed by atoms with van der Waals surface area (Å²) >= 11 is 0. The van der Waals surface area contributed by atoms with Crippen LogP contribution >= 0.6 is 0 Å². The Labute approximate surface area is 106 Å². The fraction of sp³-hybridized carbons (Fsp3) is 0.857. The van der Waals surface area contributed by atoms with Crippen molar-refractivity contribution in [3.8, 4) is 0 Å². The minimum atomic E-state index is -0.0915. The van der Waals surface area contributed by atoms with E-state index in [0.29, 0.717) is 6.04 Å². The Morgan fingerprint density at radius 3 is 2.30 bits per heavy atom. The van der Waals surface area contributed by atoms with Crippen molar-refractivity contribution in [1.29, 1.82) is 0 Å². The number of aliphatic hydroxyl groups is 1. The van der Waals surface area contributed by atoms with E-state index >= 15 is 0 Å². The van der Waals surface area contributed by atoms with E-state index in [2.05, 4.69) is 12.2 Å². The van der Waals surface area contributed by atoms with Crippen molar-refractivity contribution in [2.75, 3.05) is 6.54 Å². The maximum absolute atomic E-state index is 8.96. The first-order valence-corrected chi connectivity index (χ1v) is 3.20. The van der Waals surface area contributed by atoms with Crippen molar-refractivity contribution in [3.63, 3.8) is 0 Å². The third-order valence-electron chi connectivity index (χ3n) is 1.63. The van der Waals surface area contributed by atoms with Crippen LogP contribution in [0.15, 0.2) is 0 Å². The summed E-state index contributed by atoms with van der Waals surface area (Å²) in [7, 11) is 0. The summed E-state index contributed by atoms with van der Waals surface area (Å²) in [6.07, 6.45) is 1.99. The Morgan fingerprint density at radius 2 is 2.00 bits per heavy atom. The molecule has 1 aliphatic rings. The molecule has 0 aliphatic carbocycles. The summed E-state index contributed by atoms with van der Waals surface area (Å²) < 4.78 is 0. The summed E-state index contributed by atoms with van der Waals surface area (Å²) in [5.41, 5.74) is 0.